The standard InChI is InChI=1S/C31H32N2O3S/c1-4-7-19(8-5-2)28-25-12-10-20(31(34)35)17-26(25)33-18-22(29-27(37)9-6-14-32-29)15-21-16-23(36-3)11-13-24(21)30(28)33/h6,9-17,19,37H,4-5,7-8,18H2,1-3H3,(H,34,35). The summed E-state index contributed by atoms with van der Waals surface area (Å²) in [6.07, 6.45) is 8.29. The number of aromatic carboxylic acids is 1. The highest BCUT2D eigenvalue weighted by Crippen LogP contribution is 2.46. The van der Waals surface area contributed by atoms with Gasteiger partial charge in [-0.15, -0.1) is 12.6 Å². The number of benzene rings is 2. The quantitative estimate of drug-likeness (QED) is 0.235. The molecule has 0 unspecified atom stereocenters. The molecule has 4 aromatic rings. The molecule has 0 atom stereocenters. The van der Waals surface area contributed by atoms with Crippen molar-refractivity contribution in [3.63, 3.8) is 0 Å². The molecule has 0 spiro atoms. The topological polar surface area (TPSA) is 64.4 Å². The Labute approximate surface area is 223 Å². The van der Waals surface area contributed by atoms with Gasteiger partial charge in [0, 0.05) is 27.6 Å². The van der Waals surface area contributed by atoms with Crippen molar-refractivity contribution >= 4 is 41.2 Å². The van der Waals surface area contributed by atoms with Crippen LogP contribution in [0.3, 0.4) is 0 Å². The second-order valence-electron chi connectivity index (χ2n) is 9.65. The van der Waals surface area contributed by atoms with Crippen molar-refractivity contribution in [1.29, 1.82) is 0 Å². The lowest BCUT2D eigenvalue weighted by molar-refractivity contribution is 0.0697. The number of methoxy groups -OCH3 is 1. The number of hydrogen-bond acceptors (Lipinski definition) is 4. The molecule has 0 radical (unpaired) electrons. The van der Waals surface area contributed by atoms with Gasteiger partial charge in [-0.25, -0.2) is 4.79 Å². The van der Waals surface area contributed by atoms with Gasteiger partial charge in [0.25, 0.3) is 0 Å². The Kier molecular flexibility index (Phi) is 7.11. The minimum absolute atomic E-state index is 0.291. The summed E-state index contributed by atoms with van der Waals surface area (Å²) in [5.41, 5.74) is 7.71. The zero-order valence-corrected chi connectivity index (χ0v) is 22.4. The first-order chi connectivity index (χ1) is 18.0. The monoisotopic (exact) mass is 512 g/mol. The van der Waals surface area contributed by atoms with Gasteiger partial charge in [-0.05, 0) is 84.0 Å². The Morgan fingerprint density at radius 3 is 2.59 bits per heavy atom. The third-order valence-corrected chi connectivity index (χ3v) is 7.66. The van der Waals surface area contributed by atoms with E-state index in [1.807, 2.05) is 30.3 Å². The molecule has 1 aliphatic heterocycles. The number of fused-ring (bicyclic) bond motifs is 5. The molecule has 5 rings (SSSR count). The second kappa shape index (κ2) is 10.5. The van der Waals surface area contributed by atoms with Crippen LogP contribution in [-0.4, -0.2) is 27.7 Å². The first kappa shape index (κ1) is 25.2. The summed E-state index contributed by atoms with van der Waals surface area (Å²) in [7, 11) is 1.68. The summed E-state index contributed by atoms with van der Waals surface area (Å²) in [4.78, 5) is 17.5. The average molecular weight is 513 g/mol. The Hall–Kier alpha value is -3.51. The number of ether oxygens (including phenoxy) is 1. The summed E-state index contributed by atoms with van der Waals surface area (Å²) < 4.78 is 7.89. The lowest BCUT2D eigenvalue weighted by Crippen LogP contribution is -2.05. The van der Waals surface area contributed by atoms with E-state index in [-0.39, 0.29) is 0 Å². The van der Waals surface area contributed by atoms with Gasteiger partial charge >= 0.3 is 5.97 Å². The maximum Gasteiger partial charge on any atom is 0.335 e. The van der Waals surface area contributed by atoms with E-state index in [0.29, 0.717) is 18.0 Å². The van der Waals surface area contributed by atoms with Crippen molar-refractivity contribution in [2.24, 2.45) is 0 Å². The maximum absolute atomic E-state index is 12.0. The molecular weight excluding hydrogens is 480 g/mol. The van der Waals surface area contributed by atoms with Crippen LogP contribution in [0.15, 0.2) is 59.6 Å². The zero-order valence-electron chi connectivity index (χ0n) is 21.5. The second-order valence-corrected chi connectivity index (χ2v) is 10.1. The summed E-state index contributed by atoms with van der Waals surface area (Å²) in [5, 5.41) is 10.9. The van der Waals surface area contributed by atoms with E-state index in [2.05, 4.69) is 41.6 Å². The number of carboxylic acids is 1. The van der Waals surface area contributed by atoms with E-state index >= 15 is 0 Å². The van der Waals surface area contributed by atoms with Crippen LogP contribution in [-0.2, 0) is 6.54 Å². The van der Waals surface area contributed by atoms with Crippen LogP contribution < -0.4 is 4.74 Å². The van der Waals surface area contributed by atoms with E-state index in [4.69, 9.17) is 17.4 Å². The van der Waals surface area contributed by atoms with Crippen LogP contribution >= 0.6 is 12.6 Å². The van der Waals surface area contributed by atoms with E-state index in [1.54, 1.807) is 19.4 Å². The normalized spacial score (nSPS) is 12.7. The fourth-order valence-electron chi connectivity index (χ4n) is 5.70. The molecule has 1 aliphatic rings. The zero-order chi connectivity index (χ0) is 26.1. The smallest absolute Gasteiger partial charge is 0.335 e. The van der Waals surface area contributed by atoms with Gasteiger partial charge in [0.1, 0.15) is 5.75 Å². The van der Waals surface area contributed by atoms with Gasteiger partial charge < -0.3 is 14.4 Å². The maximum atomic E-state index is 12.0. The number of thiol groups is 1. The van der Waals surface area contributed by atoms with Crippen molar-refractivity contribution < 1.29 is 14.6 Å². The van der Waals surface area contributed by atoms with Crippen LogP contribution in [0.2, 0.25) is 0 Å². The molecule has 2 aromatic heterocycles. The van der Waals surface area contributed by atoms with Crippen molar-refractivity contribution in [1.82, 2.24) is 9.55 Å². The van der Waals surface area contributed by atoms with E-state index in [0.717, 1.165) is 75.3 Å². The van der Waals surface area contributed by atoms with E-state index < -0.39 is 5.97 Å². The van der Waals surface area contributed by atoms with Crippen LogP contribution in [0.1, 0.15) is 72.6 Å². The van der Waals surface area contributed by atoms with Gasteiger partial charge in [0.2, 0.25) is 0 Å². The molecule has 0 fully saturated rings. The fourth-order valence-corrected chi connectivity index (χ4v) is 5.99. The summed E-state index contributed by atoms with van der Waals surface area (Å²) >= 11 is 4.72. The molecule has 0 amide bonds. The number of carboxylic acid groups (broad SMARTS) is 1. The Bertz CT molecular complexity index is 1510. The molecule has 190 valence electrons. The van der Waals surface area contributed by atoms with Crippen molar-refractivity contribution in [2.45, 2.75) is 56.9 Å². The van der Waals surface area contributed by atoms with Gasteiger partial charge in [-0.2, -0.15) is 0 Å². The highest BCUT2D eigenvalue weighted by Gasteiger charge is 2.29. The number of allylic oxidation sites excluding steroid dienone is 1. The number of aromatic nitrogens is 2. The predicted octanol–water partition coefficient (Wildman–Crippen LogP) is 7.94. The highest BCUT2D eigenvalue weighted by atomic mass is 32.1. The van der Waals surface area contributed by atoms with Gasteiger partial charge in [0.15, 0.2) is 0 Å². The average Bonchev–Trinajstić information content (AvgIpc) is 3.11. The lowest BCUT2D eigenvalue weighted by Gasteiger charge is -2.19. The Balaban J connectivity index is 1.89. The minimum atomic E-state index is -0.922. The third kappa shape index (κ3) is 4.55. The van der Waals surface area contributed by atoms with E-state index in [9.17, 15) is 9.90 Å². The molecule has 5 nitrogen and oxygen atoms in total. The van der Waals surface area contributed by atoms with Gasteiger partial charge in [0.05, 0.1) is 30.6 Å². The number of pyridine rings is 1. The number of hydrogen-bond donors (Lipinski definition) is 2. The molecule has 0 saturated heterocycles. The van der Waals surface area contributed by atoms with Crippen molar-refractivity contribution in [2.75, 3.05) is 7.11 Å². The molecule has 6 heteroatoms. The molecule has 0 bridgehead atoms. The number of carbonyl (C=O) groups is 1. The molecule has 0 aliphatic carbocycles. The molecule has 3 heterocycles. The highest BCUT2D eigenvalue weighted by molar-refractivity contribution is 7.80. The first-order valence-corrected chi connectivity index (χ1v) is 13.3. The molecular formula is C31H32N2O3S. The molecule has 37 heavy (non-hydrogen) atoms. The SMILES string of the molecule is CCCC(CCC)c1c2n(c3cc(C(=O)O)ccc13)CC(c1ncccc1S)=Cc1cc(OC)ccc1-2. The van der Waals surface area contributed by atoms with Crippen LogP contribution in [0.4, 0.5) is 0 Å². The van der Waals surface area contributed by atoms with Crippen molar-refractivity contribution in [3.8, 4) is 17.0 Å². The number of nitrogens with zero attached hydrogens (tertiary/aromatic N) is 2. The summed E-state index contributed by atoms with van der Waals surface area (Å²) in [6.45, 7) is 5.02. The first-order valence-electron chi connectivity index (χ1n) is 12.9. The summed E-state index contributed by atoms with van der Waals surface area (Å²) in [6, 6.07) is 15.6. The largest absolute Gasteiger partial charge is 0.497 e. The minimum Gasteiger partial charge on any atom is -0.497 e. The van der Waals surface area contributed by atoms with Gasteiger partial charge in [-0.3, -0.25) is 4.98 Å². The van der Waals surface area contributed by atoms with Crippen LogP contribution in [0.25, 0.3) is 33.8 Å². The van der Waals surface area contributed by atoms with Crippen molar-refractivity contribution in [3.05, 3.63) is 77.1 Å². The lowest BCUT2D eigenvalue weighted by atomic mass is 9.86. The fraction of sp³-hybridized carbons (Fsp3) is 0.290. The van der Waals surface area contributed by atoms with Crippen LogP contribution in [0, 0.1) is 0 Å². The molecule has 2 aromatic carbocycles. The Morgan fingerprint density at radius 2 is 1.92 bits per heavy atom. The molecule has 0 saturated carbocycles. The summed E-state index contributed by atoms with van der Waals surface area (Å²) in [5.74, 6) is 0.241. The molecule has 1 N–H and O–H groups in total. The third-order valence-electron chi connectivity index (χ3n) is 7.30. The van der Waals surface area contributed by atoms with Gasteiger partial charge in [-0.1, -0.05) is 32.8 Å². The number of rotatable bonds is 8. The van der Waals surface area contributed by atoms with E-state index in [1.165, 1.54) is 5.56 Å². The predicted molar refractivity (Wildman–Crippen MR) is 153 cm³/mol. The van der Waals surface area contributed by atoms with Crippen LogP contribution in [0.5, 0.6) is 5.75 Å². The Morgan fingerprint density at radius 1 is 1.14 bits per heavy atom.